The van der Waals surface area contributed by atoms with Crippen molar-refractivity contribution in [2.45, 2.75) is 432 Å². The van der Waals surface area contributed by atoms with Gasteiger partial charge >= 0.3 is 39.5 Å². The van der Waals surface area contributed by atoms with Gasteiger partial charge in [-0.15, -0.1) is 0 Å². The molecule has 0 saturated heterocycles. The topological polar surface area (TPSA) is 237 Å². The zero-order valence-corrected chi connectivity index (χ0v) is 65.0. The van der Waals surface area contributed by atoms with Crippen molar-refractivity contribution in [2.24, 2.45) is 5.92 Å². The highest BCUT2D eigenvalue weighted by Crippen LogP contribution is 2.45. The van der Waals surface area contributed by atoms with Gasteiger partial charge in [-0.1, -0.05) is 362 Å². The lowest BCUT2D eigenvalue weighted by Crippen LogP contribution is -2.30. The second kappa shape index (κ2) is 71.1. The third-order valence-electron chi connectivity index (χ3n) is 18.3. The first-order valence-corrected chi connectivity index (χ1v) is 43.6. The summed E-state index contributed by atoms with van der Waals surface area (Å²) in [5, 5.41) is 10.6. The average Bonchev–Trinajstić information content (AvgIpc) is 2.20. The fraction of sp³-hybridized carbons (Fsp3) is 0.949. The second-order valence-electron chi connectivity index (χ2n) is 28.6. The van der Waals surface area contributed by atoms with Gasteiger partial charge < -0.3 is 33.8 Å². The molecule has 0 amide bonds. The van der Waals surface area contributed by atoms with Gasteiger partial charge in [-0.2, -0.15) is 0 Å². The molecule has 0 saturated carbocycles. The lowest BCUT2D eigenvalue weighted by Gasteiger charge is -2.21. The fourth-order valence-electron chi connectivity index (χ4n) is 12.1. The molecule has 576 valence electrons. The number of aliphatic hydroxyl groups is 1. The maximum atomic E-state index is 13.1. The average molecular weight is 1420 g/mol. The van der Waals surface area contributed by atoms with Crippen LogP contribution in [0.2, 0.25) is 0 Å². The molecule has 5 atom stereocenters. The Morgan fingerprint density at radius 2 is 0.474 bits per heavy atom. The summed E-state index contributed by atoms with van der Waals surface area (Å²) >= 11 is 0. The van der Waals surface area contributed by atoms with Crippen molar-refractivity contribution in [2.75, 3.05) is 39.6 Å². The zero-order chi connectivity index (χ0) is 71.2. The van der Waals surface area contributed by atoms with E-state index in [9.17, 15) is 43.2 Å². The number of ether oxygens (including phenoxy) is 4. The first-order valence-electron chi connectivity index (χ1n) is 40.6. The summed E-state index contributed by atoms with van der Waals surface area (Å²) in [6.45, 7) is 7.28. The highest BCUT2D eigenvalue weighted by molar-refractivity contribution is 7.47. The van der Waals surface area contributed by atoms with Crippen LogP contribution in [0.1, 0.15) is 413 Å². The molecule has 0 aliphatic rings. The SMILES string of the molecule is CCCCCCCCCCCCCCCCCCCCC(=O)O[C@H](COC(=O)CCCCCCCCCCCCCCCCCCC)COP(=O)(O)OC[C@@H](O)COP(=O)(O)OC[C@@H](COC(=O)CCCCCCCCC)OC(=O)CCCCCCCCCCCCCCC(C)C. The van der Waals surface area contributed by atoms with Crippen molar-refractivity contribution in [3.8, 4) is 0 Å². The van der Waals surface area contributed by atoms with E-state index in [1.807, 2.05) is 0 Å². The van der Waals surface area contributed by atoms with Crippen molar-refractivity contribution in [3.63, 3.8) is 0 Å². The molecule has 0 radical (unpaired) electrons. The number of hydrogen-bond donors (Lipinski definition) is 3. The summed E-state index contributed by atoms with van der Waals surface area (Å²) in [5.74, 6) is -1.34. The quantitative estimate of drug-likeness (QED) is 0.0222. The number of esters is 4. The van der Waals surface area contributed by atoms with Crippen LogP contribution < -0.4 is 0 Å². The van der Waals surface area contributed by atoms with Gasteiger partial charge in [0.2, 0.25) is 0 Å². The van der Waals surface area contributed by atoms with E-state index >= 15 is 0 Å². The molecule has 0 rings (SSSR count). The summed E-state index contributed by atoms with van der Waals surface area (Å²) < 4.78 is 68.5. The van der Waals surface area contributed by atoms with Crippen LogP contribution in [0.5, 0.6) is 0 Å². The summed E-state index contributed by atoms with van der Waals surface area (Å²) in [4.78, 5) is 72.8. The third kappa shape index (κ3) is 72.2. The predicted molar refractivity (Wildman–Crippen MR) is 395 cm³/mol. The molecule has 0 fully saturated rings. The molecule has 3 N–H and O–H groups in total. The Morgan fingerprint density at radius 3 is 0.701 bits per heavy atom. The molecule has 0 aliphatic carbocycles. The van der Waals surface area contributed by atoms with Crippen LogP contribution in [-0.2, 0) is 65.4 Å². The monoisotopic (exact) mass is 1420 g/mol. The minimum Gasteiger partial charge on any atom is -0.462 e. The Hall–Kier alpha value is -1.94. The van der Waals surface area contributed by atoms with Gasteiger partial charge in [0.25, 0.3) is 0 Å². The minimum atomic E-state index is -4.96. The Bertz CT molecular complexity index is 1860. The number of rotatable bonds is 78. The molecule has 0 aromatic heterocycles. The number of hydrogen-bond acceptors (Lipinski definition) is 15. The second-order valence-corrected chi connectivity index (χ2v) is 31.5. The van der Waals surface area contributed by atoms with Gasteiger partial charge in [-0.25, -0.2) is 9.13 Å². The first-order chi connectivity index (χ1) is 47.0. The van der Waals surface area contributed by atoms with E-state index in [1.54, 1.807) is 0 Å². The number of phosphoric ester groups is 2. The van der Waals surface area contributed by atoms with Crippen LogP contribution in [0.15, 0.2) is 0 Å². The number of carbonyl (C=O) groups excluding carboxylic acids is 4. The normalized spacial score (nSPS) is 13.9. The van der Waals surface area contributed by atoms with E-state index < -0.39 is 97.5 Å². The Balaban J connectivity index is 5.19. The fourth-order valence-corrected chi connectivity index (χ4v) is 13.6. The van der Waals surface area contributed by atoms with Gasteiger partial charge in [0.05, 0.1) is 26.4 Å². The molecule has 0 aromatic carbocycles. The van der Waals surface area contributed by atoms with E-state index in [4.69, 9.17) is 37.0 Å². The van der Waals surface area contributed by atoms with E-state index in [2.05, 4.69) is 34.6 Å². The van der Waals surface area contributed by atoms with Crippen LogP contribution in [0, 0.1) is 5.92 Å². The standard InChI is InChI=1S/C78H152O17P2/c1-6-9-12-15-18-20-22-24-26-28-30-32-34-39-43-48-53-58-63-78(83)95-74(68-89-76(81)62-57-52-47-42-38-33-31-29-27-25-23-21-19-16-13-10-7-2)70-93-97(86,87)91-66-72(79)65-90-96(84,85)92-69-73(67-88-75(80)61-56-51-45-17-14-11-8-3)94-77(82)64-59-54-49-44-40-36-35-37-41-46-50-55-60-71(4)5/h71-74,79H,6-70H2,1-5H3,(H,84,85)(H,86,87)/t72-,73+,74+/m0/s1. The van der Waals surface area contributed by atoms with E-state index in [0.29, 0.717) is 25.7 Å². The molecular weight excluding hydrogens is 1270 g/mol. The molecule has 0 heterocycles. The van der Waals surface area contributed by atoms with Gasteiger partial charge in [0.1, 0.15) is 19.3 Å². The largest absolute Gasteiger partial charge is 0.472 e. The Morgan fingerprint density at radius 1 is 0.278 bits per heavy atom. The summed E-state index contributed by atoms with van der Waals surface area (Å²) in [6.07, 6.45) is 61.2. The van der Waals surface area contributed by atoms with Gasteiger partial charge in [-0.3, -0.25) is 37.3 Å². The molecule has 0 aliphatic heterocycles. The summed E-state index contributed by atoms with van der Waals surface area (Å²) in [7, 11) is -9.91. The predicted octanol–water partition coefficient (Wildman–Crippen LogP) is 23.3. The Labute approximate surface area is 594 Å². The maximum Gasteiger partial charge on any atom is 0.472 e. The summed E-state index contributed by atoms with van der Waals surface area (Å²) in [6, 6.07) is 0. The van der Waals surface area contributed by atoms with Gasteiger partial charge in [-0.05, 0) is 31.6 Å². The van der Waals surface area contributed by atoms with Crippen LogP contribution in [-0.4, -0.2) is 96.7 Å². The minimum absolute atomic E-state index is 0.107. The highest BCUT2D eigenvalue weighted by atomic mass is 31.2. The number of aliphatic hydroxyl groups excluding tert-OH is 1. The lowest BCUT2D eigenvalue weighted by atomic mass is 10.0. The number of phosphoric acid groups is 2. The number of carbonyl (C=O) groups is 4. The Kier molecular flexibility index (Phi) is 69.6. The van der Waals surface area contributed by atoms with Gasteiger partial charge in [0.15, 0.2) is 12.2 Å². The van der Waals surface area contributed by atoms with Crippen molar-refractivity contribution in [3.05, 3.63) is 0 Å². The molecule has 97 heavy (non-hydrogen) atoms. The van der Waals surface area contributed by atoms with Crippen LogP contribution >= 0.6 is 15.6 Å². The molecule has 0 bridgehead atoms. The van der Waals surface area contributed by atoms with Crippen molar-refractivity contribution in [1.82, 2.24) is 0 Å². The number of unbranched alkanes of at least 4 members (excludes halogenated alkanes) is 50. The molecule has 17 nitrogen and oxygen atoms in total. The molecule has 2 unspecified atom stereocenters. The van der Waals surface area contributed by atoms with Crippen molar-refractivity contribution >= 4 is 39.5 Å². The lowest BCUT2D eigenvalue weighted by molar-refractivity contribution is -0.161. The maximum absolute atomic E-state index is 13.1. The van der Waals surface area contributed by atoms with Crippen molar-refractivity contribution in [1.29, 1.82) is 0 Å². The highest BCUT2D eigenvalue weighted by Gasteiger charge is 2.30. The smallest absolute Gasteiger partial charge is 0.462 e. The summed E-state index contributed by atoms with van der Waals surface area (Å²) in [5.41, 5.74) is 0. The van der Waals surface area contributed by atoms with Crippen LogP contribution in [0.3, 0.4) is 0 Å². The van der Waals surface area contributed by atoms with Crippen molar-refractivity contribution < 1.29 is 80.2 Å². The zero-order valence-electron chi connectivity index (χ0n) is 63.2. The molecule has 0 aromatic rings. The van der Waals surface area contributed by atoms with Crippen LogP contribution in [0.4, 0.5) is 0 Å². The third-order valence-corrected chi connectivity index (χ3v) is 20.2. The van der Waals surface area contributed by atoms with E-state index in [1.165, 1.54) is 225 Å². The molecule has 0 spiro atoms. The first kappa shape index (κ1) is 95.1. The molecule has 19 heteroatoms. The molecular formula is C78H152O17P2. The van der Waals surface area contributed by atoms with E-state index in [-0.39, 0.29) is 25.7 Å². The van der Waals surface area contributed by atoms with Gasteiger partial charge in [0, 0.05) is 25.7 Å². The van der Waals surface area contributed by atoms with Crippen LogP contribution in [0.25, 0.3) is 0 Å². The van der Waals surface area contributed by atoms with E-state index in [0.717, 1.165) is 109 Å².